The average molecular weight is 494 g/mol. The zero-order valence-corrected chi connectivity index (χ0v) is 20.7. The van der Waals surface area contributed by atoms with Crippen molar-refractivity contribution in [3.05, 3.63) is 69.7 Å². The molecule has 2 aromatic rings. The Morgan fingerprint density at radius 2 is 1.72 bits per heavy atom. The molecule has 172 valence electrons. The van der Waals surface area contributed by atoms with Crippen LogP contribution in [-0.2, 0) is 21.9 Å². The quantitative estimate of drug-likeness (QED) is 0.408. The normalized spacial score (nSPS) is 14.8. The molecule has 1 N–H and O–H groups in total. The number of benzene rings is 2. The lowest BCUT2D eigenvalue weighted by Crippen LogP contribution is -2.49. The Hall–Kier alpha value is -1.69. The van der Waals surface area contributed by atoms with E-state index in [1.165, 1.54) is 5.56 Å². The Balaban J connectivity index is 1.65. The molecule has 1 aliphatic rings. The summed E-state index contributed by atoms with van der Waals surface area (Å²) < 4.78 is 0. The van der Waals surface area contributed by atoms with Gasteiger partial charge in [0.25, 0.3) is 0 Å². The van der Waals surface area contributed by atoms with Crippen LogP contribution < -0.4 is 5.32 Å². The first-order valence-electron chi connectivity index (χ1n) is 11.1. The van der Waals surface area contributed by atoms with E-state index < -0.39 is 6.04 Å². The van der Waals surface area contributed by atoms with Crippen LogP contribution in [0.3, 0.4) is 0 Å². The van der Waals surface area contributed by atoms with E-state index >= 15 is 0 Å². The van der Waals surface area contributed by atoms with Gasteiger partial charge in [0.1, 0.15) is 6.04 Å². The summed E-state index contributed by atoms with van der Waals surface area (Å²) in [4.78, 5) is 27.8. The third kappa shape index (κ3) is 7.16. The molecule has 1 fully saturated rings. The van der Waals surface area contributed by atoms with E-state index in [1.807, 2.05) is 18.2 Å². The van der Waals surface area contributed by atoms with Gasteiger partial charge in [-0.25, -0.2) is 0 Å². The van der Waals surface area contributed by atoms with Crippen molar-refractivity contribution in [2.75, 3.05) is 5.75 Å². The van der Waals surface area contributed by atoms with Crippen LogP contribution in [0.15, 0.2) is 48.5 Å². The largest absolute Gasteiger partial charge is 0.352 e. The minimum atomic E-state index is -0.602. The molecule has 0 aliphatic heterocycles. The van der Waals surface area contributed by atoms with Gasteiger partial charge in [-0.1, -0.05) is 72.4 Å². The molecule has 32 heavy (non-hydrogen) atoms. The van der Waals surface area contributed by atoms with Crippen molar-refractivity contribution in [2.24, 2.45) is 0 Å². The van der Waals surface area contributed by atoms with Gasteiger partial charge in [-0.15, -0.1) is 0 Å². The predicted molar refractivity (Wildman–Crippen MR) is 134 cm³/mol. The van der Waals surface area contributed by atoms with Gasteiger partial charge in [0, 0.05) is 46.1 Å². The molecule has 0 heterocycles. The van der Waals surface area contributed by atoms with E-state index in [4.69, 9.17) is 23.2 Å². The second kappa shape index (κ2) is 12.5. The Kier molecular flexibility index (Phi) is 9.76. The number of hydrogen-bond acceptors (Lipinski definition) is 3. The van der Waals surface area contributed by atoms with Crippen molar-refractivity contribution in [1.29, 1.82) is 0 Å². The van der Waals surface area contributed by atoms with Gasteiger partial charge in [-0.05, 0) is 37.5 Å². The van der Waals surface area contributed by atoms with Gasteiger partial charge in [0.05, 0.1) is 0 Å². The number of amides is 2. The minimum absolute atomic E-state index is 0.0735. The average Bonchev–Trinajstić information content (AvgIpc) is 3.30. The fourth-order valence-electron chi connectivity index (χ4n) is 3.90. The molecule has 1 aliphatic carbocycles. The summed E-state index contributed by atoms with van der Waals surface area (Å²) in [5.74, 6) is 1.33. The molecule has 2 aromatic carbocycles. The summed E-state index contributed by atoms with van der Waals surface area (Å²) in [6.45, 7) is 1.99. The summed E-state index contributed by atoms with van der Waals surface area (Å²) in [6, 6.07) is 15.1. The number of carbonyl (C=O) groups is 2. The predicted octanol–water partition coefficient (Wildman–Crippen LogP) is 6.09. The number of nitrogens with zero attached hydrogens (tertiary/aromatic N) is 1. The highest BCUT2D eigenvalue weighted by Crippen LogP contribution is 2.27. The van der Waals surface area contributed by atoms with Crippen LogP contribution in [0.2, 0.25) is 10.0 Å². The molecule has 1 unspecified atom stereocenters. The number of rotatable bonds is 10. The summed E-state index contributed by atoms with van der Waals surface area (Å²) in [5, 5.41) is 4.11. The van der Waals surface area contributed by atoms with E-state index in [9.17, 15) is 9.59 Å². The molecule has 0 spiro atoms. The molecule has 1 saturated carbocycles. The van der Waals surface area contributed by atoms with Crippen LogP contribution in [0.25, 0.3) is 0 Å². The first-order valence-corrected chi connectivity index (χ1v) is 13.0. The Morgan fingerprint density at radius 1 is 1.06 bits per heavy atom. The van der Waals surface area contributed by atoms with Crippen molar-refractivity contribution >= 4 is 46.8 Å². The van der Waals surface area contributed by atoms with E-state index in [0.717, 1.165) is 31.4 Å². The van der Waals surface area contributed by atoms with E-state index in [2.05, 4.69) is 17.4 Å². The number of hydrogen-bond donors (Lipinski definition) is 1. The topological polar surface area (TPSA) is 49.4 Å². The lowest BCUT2D eigenvalue weighted by Gasteiger charge is -2.30. The van der Waals surface area contributed by atoms with Crippen molar-refractivity contribution in [2.45, 2.75) is 63.4 Å². The highest BCUT2D eigenvalue weighted by Gasteiger charge is 2.29. The third-order valence-corrected chi connectivity index (χ3v) is 7.57. The molecular weight excluding hydrogens is 463 g/mol. The highest BCUT2D eigenvalue weighted by atomic mass is 35.5. The lowest BCUT2D eigenvalue weighted by atomic mass is 10.1. The molecular formula is C25H30Cl2N2O2S. The van der Waals surface area contributed by atoms with Gasteiger partial charge >= 0.3 is 0 Å². The Labute approximate surface area is 205 Å². The number of thioether (sulfide) groups is 1. The van der Waals surface area contributed by atoms with Crippen molar-refractivity contribution in [3.8, 4) is 0 Å². The Bertz CT molecular complexity index is 884. The first kappa shape index (κ1) is 24.9. The van der Waals surface area contributed by atoms with E-state index in [0.29, 0.717) is 27.8 Å². The smallest absolute Gasteiger partial charge is 0.242 e. The summed E-state index contributed by atoms with van der Waals surface area (Å²) in [6.07, 6.45) is 4.62. The van der Waals surface area contributed by atoms with Crippen LogP contribution >= 0.6 is 35.0 Å². The number of carbonyl (C=O) groups excluding carboxylic acids is 2. The minimum Gasteiger partial charge on any atom is -0.352 e. The Morgan fingerprint density at radius 3 is 2.38 bits per heavy atom. The van der Waals surface area contributed by atoms with Crippen LogP contribution in [0.5, 0.6) is 0 Å². The number of halogens is 2. The third-order valence-electron chi connectivity index (χ3n) is 5.83. The molecule has 0 bridgehead atoms. The maximum absolute atomic E-state index is 13.2. The van der Waals surface area contributed by atoms with Gasteiger partial charge in [-0.3, -0.25) is 9.59 Å². The second-order valence-electron chi connectivity index (χ2n) is 8.18. The molecule has 3 rings (SSSR count). The fraction of sp³-hybridized carbons (Fsp3) is 0.440. The molecule has 0 radical (unpaired) electrons. The van der Waals surface area contributed by atoms with Gasteiger partial charge in [0.2, 0.25) is 11.8 Å². The van der Waals surface area contributed by atoms with Crippen molar-refractivity contribution in [3.63, 3.8) is 0 Å². The van der Waals surface area contributed by atoms with E-state index in [-0.39, 0.29) is 24.4 Å². The summed E-state index contributed by atoms with van der Waals surface area (Å²) in [5.41, 5.74) is 1.90. The second-order valence-corrected chi connectivity index (χ2v) is 10.1. The molecule has 2 amide bonds. The number of nitrogens with one attached hydrogen (secondary N) is 1. The van der Waals surface area contributed by atoms with Crippen molar-refractivity contribution < 1.29 is 9.59 Å². The fourth-order valence-corrected chi connectivity index (χ4v) is 5.30. The van der Waals surface area contributed by atoms with Crippen LogP contribution in [-0.4, -0.2) is 34.6 Å². The SMILES string of the molecule is CC(C(=O)NC1CCCC1)N(Cc1c(Cl)cccc1Cl)C(=O)CCSCc1ccccc1. The molecule has 7 heteroatoms. The zero-order valence-electron chi connectivity index (χ0n) is 18.4. The maximum atomic E-state index is 13.2. The van der Waals surface area contributed by atoms with Crippen LogP contribution in [0.4, 0.5) is 0 Å². The highest BCUT2D eigenvalue weighted by molar-refractivity contribution is 7.98. The van der Waals surface area contributed by atoms with Gasteiger partial charge in [-0.2, -0.15) is 11.8 Å². The molecule has 0 saturated heterocycles. The van der Waals surface area contributed by atoms with Crippen LogP contribution in [0.1, 0.15) is 50.2 Å². The molecule has 4 nitrogen and oxygen atoms in total. The summed E-state index contributed by atoms with van der Waals surface area (Å²) >= 11 is 14.4. The maximum Gasteiger partial charge on any atom is 0.242 e. The summed E-state index contributed by atoms with van der Waals surface area (Å²) in [7, 11) is 0. The van der Waals surface area contributed by atoms with Gasteiger partial charge < -0.3 is 10.2 Å². The van der Waals surface area contributed by atoms with Gasteiger partial charge in [0.15, 0.2) is 0 Å². The lowest BCUT2D eigenvalue weighted by molar-refractivity contribution is -0.140. The van der Waals surface area contributed by atoms with E-state index in [1.54, 1.807) is 41.8 Å². The monoisotopic (exact) mass is 492 g/mol. The molecule has 1 atom stereocenters. The first-order chi connectivity index (χ1) is 15.5. The van der Waals surface area contributed by atoms with Crippen molar-refractivity contribution in [1.82, 2.24) is 10.2 Å². The van der Waals surface area contributed by atoms with Crippen LogP contribution in [0, 0.1) is 0 Å². The molecule has 0 aromatic heterocycles. The standard InChI is InChI=1S/C25H30Cl2N2O2S/c1-18(25(31)28-20-10-5-6-11-20)29(16-21-22(26)12-7-13-23(21)27)24(30)14-15-32-17-19-8-3-2-4-9-19/h2-4,7-9,12-13,18,20H,5-6,10-11,14-17H2,1H3,(H,28,31). The zero-order chi connectivity index (χ0) is 22.9.